The third kappa shape index (κ3) is 4.27. The van der Waals surface area contributed by atoms with Crippen LogP contribution in [0, 0.1) is 0 Å². The van der Waals surface area contributed by atoms with Crippen LogP contribution in [0.2, 0.25) is 0 Å². The highest BCUT2D eigenvalue weighted by atomic mass is 32.2. The molecule has 10 heteroatoms. The molecule has 4 heterocycles. The van der Waals surface area contributed by atoms with Crippen molar-refractivity contribution in [3.05, 3.63) is 47.9 Å². The number of likely N-dealkylation sites (tertiary alicyclic amines) is 1. The minimum atomic E-state index is -3.57. The van der Waals surface area contributed by atoms with E-state index in [2.05, 4.69) is 22.2 Å². The Labute approximate surface area is 197 Å². The molecule has 1 amide bonds. The van der Waals surface area contributed by atoms with Crippen molar-refractivity contribution >= 4 is 38.6 Å². The van der Waals surface area contributed by atoms with Crippen LogP contribution >= 0.6 is 11.8 Å². The van der Waals surface area contributed by atoms with E-state index in [1.807, 2.05) is 17.0 Å². The number of piperidine rings is 1. The number of nitrogens with one attached hydrogen (secondary N) is 2. The van der Waals surface area contributed by atoms with Gasteiger partial charge in [0.25, 0.3) is 5.91 Å². The summed E-state index contributed by atoms with van der Waals surface area (Å²) in [7, 11) is -1.90. The number of nitrogens with zero attached hydrogens (tertiary/aromatic N) is 2. The van der Waals surface area contributed by atoms with Gasteiger partial charge in [-0.05, 0) is 48.6 Å². The van der Waals surface area contributed by atoms with E-state index in [9.17, 15) is 13.2 Å². The van der Waals surface area contributed by atoms with E-state index in [-0.39, 0.29) is 10.8 Å². The molecule has 0 aliphatic carbocycles. The lowest BCUT2D eigenvalue weighted by Gasteiger charge is -2.31. The average molecular weight is 489 g/mol. The number of carbonyl (C=O) groups is 1. The number of methoxy groups -OCH3 is 1. The number of aromatic amines is 2. The van der Waals surface area contributed by atoms with Crippen molar-refractivity contribution in [2.45, 2.75) is 23.7 Å². The average Bonchev–Trinajstić information content (AvgIpc) is 3.52. The molecule has 5 rings (SSSR count). The van der Waals surface area contributed by atoms with Crippen molar-refractivity contribution in [2.24, 2.45) is 0 Å². The number of thioether (sulfide) groups is 1. The van der Waals surface area contributed by atoms with Crippen LogP contribution in [0.1, 0.15) is 34.8 Å². The minimum Gasteiger partial charge on any atom is -0.497 e. The molecule has 0 atom stereocenters. The highest BCUT2D eigenvalue weighted by Gasteiger charge is 2.30. The van der Waals surface area contributed by atoms with Crippen LogP contribution in [0.4, 0.5) is 0 Å². The first kappa shape index (κ1) is 22.4. The topological polar surface area (TPSA) is 98.5 Å². The van der Waals surface area contributed by atoms with E-state index < -0.39 is 10.0 Å². The predicted molar refractivity (Wildman–Crippen MR) is 130 cm³/mol. The molecular formula is C23H28N4O4S2. The van der Waals surface area contributed by atoms with Crippen molar-refractivity contribution < 1.29 is 17.9 Å². The molecule has 33 heavy (non-hydrogen) atoms. The van der Waals surface area contributed by atoms with E-state index >= 15 is 0 Å². The summed E-state index contributed by atoms with van der Waals surface area (Å²) in [5.74, 6) is 2.63. The molecule has 2 saturated heterocycles. The van der Waals surface area contributed by atoms with Gasteiger partial charge in [0.1, 0.15) is 16.3 Å². The lowest BCUT2D eigenvalue weighted by molar-refractivity contribution is 0.0708. The first-order valence-electron chi connectivity index (χ1n) is 11.2. The SMILES string of the molecule is COc1ccc2[nH]cc(C3CCN(C(=O)c4cc(S(=O)(=O)N5CCSCC5)c[nH]4)CC3)c2c1. The fourth-order valence-corrected chi connectivity index (χ4v) is 7.30. The lowest BCUT2D eigenvalue weighted by atomic mass is 9.89. The monoisotopic (exact) mass is 488 g/mol. The van der Waals surface area contributed by atoms with E-state index in [0.717, 1.165) is 41.0 Å². The molecule has 2 aromatic heterocycles. The minimum absolute atomic E-state index is 0.148. The van der Waals surface area contributed by atoms with Gasteiger partial charge >= 0.3 is 0 Å². The number of H-pyrrole nitrogens is 2. The third-order valence-electron chi connectivity index (χ3n) is 6.64. The van der Waals surface area contributed by atoms with Crippen LogP contribution in [0.25, 0.3) is 10.9 Å². The quantitative estimate of drug-likeness (QED) is 0.574. The van der Waals surface area contributed by atoms with Gasteiger partial charge in [0.05, 0.1) is 7.11 Å². The van der Waals surface area contributed by atoms with Gasteiger partial charge in [-0.3, -0.25) is 4.79 Å². The van der Waals surface area contributed by atoms with Crippen LogP contribution < -0.4 is 4.74 Å². The van der Waals surface area contributed by atoms with Gasteiger partial charge in [-0.15, -0.1) is 0 Å². The molecule has 1 aromatic carbocycles. The summed E-state index contributed by atoms with van der Waals surface area (Å²) in [6, 6.07) is 7.51. The van der Waals surface area contributed by atoms with Crippen molar-refractivity contribution in [1.29, 1.82) is 0 Å². The van der Waals surface area contributed by atoms with Gasteiger partial charge in [-0.1, -0.05) is 0 Å². The molecule has 2 fully saturated rings. The van der Waals surface area contributed by atoms with Gasteiger partial charge < -0.3 is 19.6 Å². The standard InChI is InChI=1S/C23H28N4O4S2/c1-31-17-2-3-21-19(12-17)20(15-25-21)16-4-6-26(7-5-16)23(28)22-13-18(14-24-22)33(29,30)27-8-10-32-11-9-27/h2-3,12-16,24-25H,4-11H2,1H3. The van der Waals surface area contributed by atoms with E-state index in [1.165, 1.54) is 22.1 Å². The second-order valence-corrected chi connectivity index (χ2v) is 11.7. The molecule has 0 radical (unpaired) electrons. The Morgan fingerprint density at radius 1 is 1.06 bits per heavy atom. The first-order chi connectivity index (χ1) is 16.0. The van der Waals surface area contributed by atoms with Crippen LogP contribution in [-0.4, -0.2) is 78.3 Å². The Morgan fingerprint density at radius 3 is 2.55 bits per heavy atom. The number of rotatable bonds is 5. The Hall–Kier alpha value is -2.43. The number of sulfonamides is 1. The summed E-state index contributed by atoms with van der Waals surface area (Å²) in [4.78, 5) is 21.3. The Kier molecular flexibility index (Phi) is 6.15. The highest BCUT2D eigenvalue weighted by Crippen LogP contribution is 2.35. The van der Waals surface area contributed by atoms with Crippen LogP contribution in [0.15, 0.2) is 41.6 Å². The highest BCUT2D eigenvalue weighted by molar-refractivity contribution is 7.99. The molecule has 3 aromatic rings. The number of benzene rings is 1. The normalized spacial score (nSPS) is 18.6. The molecule has 2 N–H and O–H groups in total. The molecule has 8 nitrogen and oxygen atoms in total. The second kappa shape index (κ2) is 9.08. The van der Waals surface area contributed by atoms with Gasteiger partial charge in [-0.25, -0.2) is 8.42 Å². The summed E-state index contributed by atoms with van der Waals surface area (Å²) in [6.45, 7) is 2.28. The van der Waals surface area contributed by atoms with E-state index in [4.69, 9.17) is 4.74 Å². The van der Waals surface area contributed by atoms with Gasteiger partial charge in [0.15, 0.2) is 0 Å². The fourth-order valence-electron chi connectivity index (χ4n) is 4.73. The van der Waals surface area contributed by atoms with Gasteiger partial charge in [-0.2, -0.15) is 16.1 Å². The fraction of sp³-hybridized carbons (Fsp3) is 0.435. The molecule has 176 valence electrons. The number of hydrogen-bond acceptors (Lipinski definition) is 5. The van der Waals surface area contributed by atoms with Crippen molar-refractivity contribution in [3.8, 4) is 5.75 Å². The van der Waals surface area contributed by atoms with Crippen molar-refractivity contribution in [2.75, 3.05) is 44.8 Å². The van der Waals surface area contributed by atoms with Crippen molar-refractivity contribution in [3.63, 3.8) is 0 Å². The van der Waals surface area contributed by atoms with Crippen LogP contribution in [-0.2, 0) is 10.0 Å². The van der Waals surface area contributed by atoms with Crippen LogP contribution in [0.5, 0.6) is 5.75 Å². The maximum absolute atomic E-state index is 13.1. The number of fused-ring (bicyclic) bond motifs is 1. The molecule has 2 aliphatic heterocycles. The smallest absolute Gasteiger partial charge is 0.270 e. The van der Waals surface area contributed by atoms with E-state index in [1.54, 1.807) is 18.9 Å². The predicted octanol–water partition coefficient (Wildman–Crippen LogP) is 3.26. The third-order valence-corrected chi connectivity index (χ3v) is 9.46. The first-order valence-corrected chi connectivity index (χ1v) is 13.8. The summed E-state index contributed by atoms with van der Waals surface area (Å²) in [5.41, 5.74) is 2.66. The summed E-state index contributed by atoms with van der Waals surface area (Å²) >= 11 is 1.76. The number of amides is 1. The van der Waals surface area contributed by atoms with Gasteiger partial charge in [0, 0.05) is 61.0 Å². The second-order valence-electron chi connectivity index (χ2n) is 8.49. The molecule has 2 aliphatic rings. The molecule has 0 unspecified atom stereocenters. The Morgan fingerprint density at radius 2 is 1.82 bits per heavy atom. The maximum atomic E-state index is 13.1. The summed E-state index contributed by atoms with van der Waals surface area (Å²) in [6.07, 6.45) is 5.21. The van der Waals surface area contributed by atoms with Crippen LogP contribution in [0.3, 0.4) is 0 Å². The molecule has 0 saturated carbocycles. The molecular weight excluding hydrogens is 460 g/mol. The number of ether oxygens (including phenoxy) is 1. The van der Waals surface area contributed by atoms with E-state index in [0.29, 0.717) is 37.8 Å². The lowest BCUT2D eigenvalue weighted by Crippen LogP contribution is -2.38. The summed E-state index contributed by atoms with van der Waals surface area (Å²) in [5, 5.41) is 1.16. The zero-order chi connectivity index (χ0) is 23.0. The summed E-state index contributed by atoms with van der Waals surface area (Å²) < 4.78 is 32.7. The Bertz CT molecular complexity index is 1250. The largest absolute Gasteiger partial charge is 0.497 e. The molecule has 0 bridgehead atoms. The number of aromatic nitrogens is 2. The van der Waals surface area contributed by atoms with Crippen molar-refractivity contribution in [1.82, 2.24) is 19.2 Å². The maximum Gasteiger partial charge on any atom is 0.270 e. The Balaban J connectivity index is 1.26. The zero-order valence-corrected chi connectivity index (χ0v) is 20.2. The number of hydrogen-bond donors (Lipinski definition) is 2. The molecule has 0 spiro atoms. The zero-order valence-electron chi connectivity index (χ0n) is 18.5. The number of carbonyl (C=O) groups excluding carboxylic acids is 1. The van der Waals surface area contributed by atoms with Gasteiger partial charge in [0.2, 0.25) is 10.0 Å².